The molecule has 1 amide bonds. The molecule has 1 aliphatic heterocycles. The fraction of sp³-hybridized carbons (Fsp3) is 0.667. The summed E-state index contributed by atoms with van der Waals surface area (Å²) in [6.45, 7) is 8.78. The van der Waals surface area contributed by atoms with Crippen LogP contribution in [0.1, 0.15) is 50.0 Å². The number of rotatable bonds is 3. The smallest absolute Gasteiger partial charge is 0.410 e. The molecule has 2 heterocycles. The molecule has 0 saturated carbocycles. The Bertz CT molecular complexity index is 550. The molecule has 1 aromatic rings. The Labute approximate surface area is 134 Å². The lowest BCUT2D eigenvalue weighted by atomic mass is 10.0. The van der Waals surface area contributed by atoms with E-state index < -0.39 is 11.9 Å². The first kappa shape index (κ1) is 17.1. The van der Waals surface area contributed by atoms with Gasteiger partial charge in [0.15, 0.2) is 6.29 Å². The van der Waals surface area contributed by atoms with Crippen molar-refractivity contribution in [3.05, 3.63) is 16.0 Å². The fourth-order valence-electron chi connectivity index (χ4n) is 2.44. The first-order valence-electron chi connectivity index (χ1n) is 7.40. The summed E-state index contributed by atoms with van der Waals surface area (Å²) in [4.78, 5) is 14.8. The van der Waals surface area contributed by atoms with Crippen LogP contribution in [0, 0.1) is 0 Å². The predicted octanol–water partition coefficient (Wildman–Crippen LogP) is 2.65. The molecule has 0 aliphatic carbocycles. The Morgan fingerprint density at radius 3 is 2.77 bits per heavy atom. The topological polar surface area (TPSA) is 85.0 Å². The van der Waals surface area contributed by atoms with E-state index in [1.807, 2.05) is 27.7 Å². The second-order valence-electron chi connectivity index (χ2n) is 6.24. The number of anilines is 1. The van der Waals surface area contributed by atoms with E-state index in [9.17, 15) is 9.90 Å². The van der Waals surface area contributed by atoms with Crippen molar-refractivity contribution in [1.29, 1.82) is 0 Å². The molecular formula is C15H24N2O4S. The number of nitrogens with two attached hydrogens (primary N) is 1. The number of aliphatic hydroxyl groups excluding tert-OH is 1. The van der Waals surface area contributed by atoms with Crippen molar-refractivity contribution in [2.45, 2.75) is 52.6 Å². The highest BCUT2D eigenvalue weighted by molar-refractivity contribution is 7.16. The van der Waals surface area contributed by atoms with Crippen LogP contribution in [0.4, 0.5) is 9.80 Å². The second kappa shape index (κ2) is 6.44. The van der Waals surface area contributed by atoms with Gasteiger partial charge in [0.1, 0.15) is 5.60 Å². The number of fused-ring (bicyclic) bond motifs is 1. The molecule has 1 aromatic heterocycles. The van der Waals surface area contributed by atoms with Gasteiger partial charge >= 0.3 is 6.09 Å². The van der Waals surface area contributed by atoms with E-state index in [1.54, 1.807) is 4.90 Å². The lowest BCUT2D eigenvalue weighted by Gasteiger charge is -2.30. The van der Waals surface area contributed by atoms with Gasteiger partial charge in [0.25, 0.3) is 0 Å². The van der Waals surface area contributed by atoms with Crippen molar-refractivity contribution in [3.63, 3.8) is 0 Å². The normalized spacial score (nSPS) is 16.3. The van der Waals surface area contributed by atoms with Crippen LogP contribution in [-0.4, -0.2) is 34.9 Å². The molecule has 1 atom stereocenters. The SMILES string of the molecule is CCOC(O)c1c(N)sc2c1CCN(C(=O)OC(C)(C)C)C2. The van der Waals surface area contributed by atoms with E-state index in [0.717, 1.165) is 10.4 Å². The van der Waals surface area contributed by atoms with Crippen molar-refractivity contribution >= 4 is 22.4 Å². The maximum atomic E-state index is 12.2. The summed E-state index contributed by atoms with van der Waals surface area (Å²) in [6, 6.07) is 0. The highest BCUT2D eigenvalue weighted by atomic mass is 32.1. The second-order valence-corrected chi connectivity index (χ2v) is 7.38. The van der Waals surface area contributed by atoms with Crippen LogP contribution >= 0.6 is 11.3 Å². The van der Waals surface area contributed by atoms with Gasteiger partial charge in [-0.2, -0.15) is 0 Å². The van der Waals surface area contributed by atoms with Crippen LogP contribution in [0.3, 0.4) is 0 Å². The number of hydrogen-bond acceptors (Lipinski definition) is 6. The van der Waals surface area contributed by atoms with Gasteiger partial charge in [0, 0.05) is 23.6 Å². The molecule has 1 aliphatic rings. The average molecular weight is 328 g/mol. The zero-order chi connectivity index (χ0) is 16.5. The minimum atomic E-state index is -1.00. The fourth-order valence-corrected chi connectivity index (χ4v) is 3.60. The van der Waals surface area contributed by atoms with Gasteiger partial charge in [-0.25, -0.2) is 4.79 Å². The van der Waals surface area contributed by atoms with E-state index in [-0.39, 0.29) is 6.09 Å². The number of carbonyl (C=O) groups excluding carboxylic acids is 1. The van der Waals surface area contributed by atoms with Crippen molar-refractivity contribution < 1.29 is 19.4 Å². The van der Waals surface area contributed by atoms with E-state index in [2.05, 4.69) is 0 Å². The quantitative estimate of drug-likeness (QED) is 0.833. The largest absolute Gasteiger partial charge is 0.444 e. The van der Waals surface area contributed by atoms with Crippen molar-refractivity contribution in [2.75, 3.05) is 18.9 Å². The van der Waals surface area contributed by atoms with Gasteiger partial charge in [-0.3, -0.25) is 0 Å². The highest BCUT2D eigenvalue weighted by Gasteiger charge is 2.31. The maximum absolute atomic E-state index is 12.2. The summed E-state index contributed by atoms with van der Waals surface area (Å²) in [5, 5.41) is 10.6. The molecule has 124 valence electrons. The van der Waals surface area contributed by atoms with Gasteiger partial charge in [0.2, 0.25) is 0 Å². The first-order valence-corrected chi connectivity index (χ1v) is 8.22. The Kier molecular flexibility index (Phi) is 4.99. The zero-order valence-electron chi connectivity index (χ0n) is 13.5. The number of ether oxygens (including phenoxy) is 2. The Morgan fingerprint density at radius 2 is 2.18 bits per heavy atom. The number of thiophene rings is 1. The molecule has 22 heavy (non-hydrogen) atoms. The number of aliphatic hydroxyl groups is 1. The van der Waals surface area contributed by atoms with Crippen LogP contribution in [0.5, 0.6) is 0 Å². The third-order valence-corrected chi connectivity index (χ3v) is 4.41. The number of nitrogens with zero attached hydrogens (tertiary/aromatic N) is 1. The molecule has 0 aromatic carbocycles. The van der Waals surface area contributed by atoms with Crippen LogP contribution in [0.2, 0.25) is 0 Å². The van der Waals surface area contributed by atoms with Crippen LogP contribution in [0.25, 0.3) is 0 Å². The predicted molar refractivity (Wildman–Crippen MR) is 85.7 cm³/mol. The third kappa shape index (κ3) is 3.71. The minimum Gasteiger partial charge on any atom is -0.444 e. The van der Waals surface area contributed by atoms with Crippen LogP contribution in [0.15, 0.2) is 0 Å². The summed E-state index contributed by atoms with van der Waals surface area (Å²) in [7, 11) is 0. The minimum absolute atomic E-state index is 0.322. The maximum Gasteiger partial charge on any atom is 0.410 e. The number of hydrogen-bond donors (Lipinski definition) is 2. The van der Waals surface area contributed by atoms with E-state index in [4.69, 9.17) is 15.2 Å². The van der Waals surface area contributed by atoms with Crippen molar-refractivity contribution in [1.82, 2.24) is 4.90 Å². The standard InChI is InChI=1S/C15H24N2O4S/c1-5-20-13(18)11-9-6-7-17(8-10(9)22-12(11)16)14(19)21-15(2,3)4/h13,18H,5-8,16H2,1-4H3. The summed E-state index contributed by atoms with van der Waals surface area (Å²) < 4.78 is 10.7. The Hall–Kier alpha value is -1.31. The van der Waals surface area contributed by atoms with Gasteiger partial charge in [0.05, 0.1) is 11.5 Å². The zero-order valence-corrected chi connectivity index (χ0v) is 14.3. The van der Waals surface area contributed by atoms with Crippen molar-refractivity contribution in [3.8, 4) is 0 Å². The number of nitrogen functional groups attached to an aromatic ring is 1. The molecule has 0 radical (unpaired) electrons. The summed E-state index contributed by atoms with van der Waals surface area (Å²) in [5.74, 6) is 0. The monoisotopic (exact) mass is 328 g/mol. The molecule has 3 N–H and O–H groups in total. The Morgan fingerprint density at radius 1 is 1.50 bits per heavy atom. The lowest BCUT2D eigenvalue weighted by molar-refractivity contribution is -0.0978. The van der Waals surface area contributed by atoms with E-state index in [1.165, 1.54) is 11.3 Å². The number of carbonyl (C=O) groups is 1. The highest BCUT2D eigenvalue weighted by Crippen LogP contribution is 2.39. The van der Waals surface area contributed by atoms with Crippen molar-refractivity contribution in [2.24, 2.45) is 0 Å². The third-order valence-electron chi connectivity index (χ3n) is 3.35. The molecule has 1 unspecified atom stereocenters. The van der Waals surface area contributed by atoms with E-state index in [0.29, 0.717) is 36.7 Å². The molecule has 0 spiro atoms. The van der Waals surface area contributed by atoms with E-state index >= 15 is 0 Å². The van der Waals surface area contributed by atoms with Gasteiger partial charge < -0.3 is 25.2 Å². The average Bonchev–Trinajstić information content (AvgIpc) is 2.71. The molecule has 0 bridgehead atoms. The summed E-state index contributed by atoms with van der Waals surface area (Å²) in [6.07, 6.45) is -0.683. The van der Waals surface area contributed by atoms with Gasteiger partial charge in [-0.1, -0.05) is 0 Å². The molecule has 2 rings (SSSR count). The van der Waals surface area contributed by atoms with Gasteiger partial charge in [-0.15, -0.1) is 11.3 Å². The Balaban J connectivity index is 2.15. The first-order chi connectivity index (χ1) is 10.2. The van der Waals surface area contributed by atoms with Gasteiger partial charge in [-0.05, 0) is 39.7 Å². The van der Waals surface area contributed by atoms with Crippen LogP contribution < -0.4 is 5.73 Å². The molecular weight excluding hydrogens is 304 g/mol. The van der Waals surface area contributed by atoms with Crippen LogP contribution in [-0.2, 0) is 22.4 Å². The lowest BCUT2D eigenvalue weighted by Crippen LogP contribution is -2.39. The summed E-state index contributed by atoms with van der Waals surface area (Å²) >= 11 is 1.40. The molecule has 0 saturated heterocycles. The molecule has 0 fully saturated rings. The molecule has 6 nitrogen and oxygen atoms in total. The number of amides is 1. The summed E-state index contributed by atoms with van der Waals surface area (Å²) in [5.41, 5.74) is 7.17. The molecule has 7 heteroatoms.